The number of thioether (sulfide) groups is 1. The first-order chi connectivity index (χ1) is 14.1. The molecule has 0 radical (unpaired) electrons. The number of aliphatic hydroxyl groups is 1. The van der Waals surface area contributed by atoms with Gasteiger partial charge in [-0.2, -0.15) is 0 Å². The van der Waals surface area contributed by atoms with Crippen molar-refractivity contribution < 1.29 is 24.1 Å². The Morgan fingerprint density at radius 2 is 1.83 bits per heavy atom. The highest BCUT2D eigenvalue weighted by Gasteiger charge is 2.33. The summed E-state index contributed by atoms with van der Waals surface area (Å²) in [5.74, 6) is 0.331. The molecule has 2 aromatic rings. The average Bonchev–Trinajstić information content (AvgIpc) is 3.03. The number of aliphatic imine (C=N–C) groups is 1. The SMILES string of the molecule is CCOC(=O)C1=C(O)/C(=C\c2ccccc2)SC1=Nc1ccc(OC)c(OC)c1. The number of hydrogen-bond acceptors (Lipinski definition) is 7. The molecule has 0 aliphatic carbocycles. The summed E-state index contributed by atoms with van der Waals surface area (Å²) in [7, 11) is 3.09. The van der Waals surface area contributed by atoms with E-state index >= 15 is 0 Å². The quantitative estimate of drug-likeness (QED) is 0.682. The van der Waals surface area contributed by atoms with Crippen LogP contribution < -0.4 is 9.47 Å². The van der Waals surface area contributed by atoms with Crippen LogP contribution in [-0.4, -0.2) is 36.9 Å². The van der Waals surface area contributed by atoms with Crippen LogP contribution in [0.25, 0.3) is 6.08 Å². The van der Waals surface area contributed by atoms with E-state index in [2.05, 4.69) is 4.99 Å². The molecule has 0 unspecified atom stereocenters. The minimum atomic E-state index is -0.617. The molecule has 1 heterocycles. The van der Waals surface area contributed by atoms with Gasteiger partial charge in [-0.1, -0.05) is 42.1 Å². The molecular weight excluding hydrogens is 390 g/mol. The zero-order valence-corrected chi connectivity index (χ0v) is 17.2. The molecule has 3 rings (SSSR count). The van der Waals surface area contributed by atoms with E-state index in [4.69, 9.17) is 14.2 Å². The molecule has 0 saturated heterocycles. The maximum Gasteiger partial charge on any atom is 0.344 e. The standard InChI is InChI=1S/C22H21NO5S/c1-4-28-22(25)19-20(24)18(12-14-8-6-5-7-9-14)29-21(19)23-15-10-11-16(26-2)17(13-15)27-3/h5-13,24H,4H2,1-3H3/b18-12+,23-21?. The predicted octanol–water partition coefficient (Wildman–Crippen LogP) is 4.90. The summed E-state index contributed by atoms with van der Waals surface area (Å²) < 4.78 is 15.7. The number of hydrogen-bond donors (Lipinski definition) is 1. The summed E-state index contributed by atoms with van der Waals surface area (Å²) in [4.78, 5) is 17.6. The molecule has 1 aliphatic rings. The Morgan fingerprint density at radius 3 is 2.48 bits per heavy atom. The van der Waals surface area contributed by atoms with Crippen molar-refractivity contribution in [1.82, 2.24) is 0 Å². The number of benzene rings is 2. The lowest BCUT2D eigenvalue weighted by Crippen LogP contribution is -2.12. The number of ether oxygens (including phenoxy) is 3. The number of aliphatic hydroxyl groups excluding tert-OH is 1. The number of carbonyl (C=O) groups is 1. The van der Waals surface area contributed by atoms with Crippen LogP contribution in [0.5, 0.6) is 11.5 Å². The summed E-state index contributed by atoms with van der Waals surface area (Å²) in [5.41, 5.74) is 1.51. The lowest BCUT2D eigenvalue weighted by molar-refractivity contribution is -0.138. The molecule has 6 nitrogen and oxygen atoms in total. The first-order valence-electron chi connectivity index (χ1n) is 8.93. The smallest absolute Gasteiger partial charge is 0.344 e. The van der Waals surface area contributed by atoms with E-state index in [9.17, 15) is 9.90 Å². The molecule has 0 saturated carbocycles. The summed E-state index contributed by atoms with van der Waals surface area (Å²) in [6.45, 7) is 1.91. The van der Waals surface area contributed by atoms with Crippen molar-refractivity contribution in [1.29, 1.82) is 0 Å². The molecule has 150 valence electrons. The van der Waals surface area contributed by atoms with Crippen LogP contribution in [0.2, 0.25) is 0 Å². The van der Waals surface area contributed by atoms with E-state index in [0.717, 1.165) is 5.56 Å². The number of methoxy groups -OCH3 is 2. The van der Waals surface area contributed by atoms with Crippen LogP contribution in [-0.2, 0) is 9.53 Å². The molecule has 0 fully saturated rings. The number of carbonyl (C=O) groups excluding carboxylic acids is 1. The Hall–Kier alpha value is -3.19. The largest absolute Gasteiger partial charge is 0.506 e. The van der Waals surface area contributed by atoms with Crippen molar-refractivity contribution in [2.45, 2.75) is 6.92 Å². The van der Waals surface area contributed by atoms with Crippen LogP contribution in [0.15, 0.2) is 69.8 Å². The minimum Gasteiger partial charge on any atom is -0.506 e. The van der Waals surface area contributed by atoms with Gasteiger partial charge in [-0.3, -0.25) is 0 Å². The van der Waals surface area contributed by atoms with Gasteiger partial charge in [-0.25, -0.2) is 9.79 Å². The number of rotatable bonds is 6. The molecule has 0 atom stereocenters. The van der Waals surface area contributed by atoms with Crippen LogP contribution in [0, 0.1) is 0 Å². The first kappa shape index (κ1) is 20.5. The third-order valence-electron chi connectivity index (χ3n) is 4.07. The monoisotopic (exact) mass is 411 g/mol. The minimum absolute atomic E-state index is 0.0498. The third-order valence-corrected chi connectivity index (χ3v) is 5.09. The zero-order chi connectivity index (χ0) is 20.8. The second-order valence-electron chi connectivity index (χ2n) is 5.92. The van der Waals surface area contributed by atoms with Gasteiger partial charge in [-0.15, -0.1) is 0 Å². The van der Waals surface area contributed by atoms with Gasteiger partial charge < -0.3 is 19.3 Å². The van der Waals surface area contributed by atoms with Gasteiger partial charge in [0.15, 0.2) is 11.5 Å². The topological polar surface area (TPSA) is 77.4 Å². The maximum absolute atomic E-state index is 12.5. The second kappa shape index (κ2) is 9.34. The summed E-state index contributed by atoms with van der Waals surface area (Å²) in [6, 6.07) is 14.7. The number of esters is 1. The van der Waals surface area contributed by atoms with Gasteiger partial charge in [0.25, 0.3) is 0 Å². The third kappa shape index (κ3) is 4.63. The van der Waals surface area contributed by atoms with E-state index in [1.54, 1.807) is 38.3 Å². The zero-order valence-electron chi connectivity index (χ0n) is 16.3. The van der Waals surface area contributed by atoms with Crippen LogP contribution in [0.4, 0.5) is 5.69 Å². The Balaban J connectivity index is 2.04. The normalized spacial score (nSPS) is 16.4. The van der Waals surface area contributed by atoms with Crippen molar-refractivity contribution in [3.63, 3.8) is 0 Å². The van der Waals surface area contributed by atoms with Gasteiger partial charge in [0.05, 0.1) is 31.4 Å². The maximum atomic E-state index is 12.5. The highest BCUT2D eigenvalue weighted by atomic mass is 32.2. The van der Waals surface area contributed by atoms with Crippen molar-refractivity contribution >= 4 is 34.5 Å². The molecule has 29 heavy (non-hydrogen) atoms. The van der Waals surface area contributed by atoms with Gasteiger partial charge >= 0.3 is 5.97 Å². The molecule has 0 amide bonds. The van der Waals surface area contributed by atoms with Crippen LogP contribution in [0.1, 0.15) is 12.5 Å². The predicted molar refractivity (Wildman–Crippen MR) is 115 cm³/mol. The fourth-order valence-electron chi connectivity index (χ4n) is 2.70. The van der Waals surface area contributed by atoms with E-state index < -0.39 is 5.97 Å². The molecule has 0 aromatic heterocycles. The molecule has 2 aromatic carbocycles. The van der Waals surface area contributed by atoms with Crippen LogP contribution in [0.3, 0.4) is 0 Å². The Bertz CT molecular complexity index is 996. The van der Waals surface area contributed by atoms with E-state index in [1.165, 1.54) is 18.9 Å². The van der Waals surface area contributed by atoms with Gasteiger partial charge in [0, 0.05) is 6.07 Å². The highest BCUT2D eigenvalue weighted by Crippen LogP contribution is 2.41. The molecule has 1 N–H and O–H groups in total. The Morgan fingerprint density at radius 1 is 1.10 bits per heavy atom. The number of nitrogens with zero attached hydrogens (tertiary/aromatic N) is 1. The summed E-state index contributed by atoms with van der Waals surface area (Å²) in [5, 5.41) is 11.1. The fraction of sp³-hybridized carbons (Fsp3) is 0.182. The molecule has 7 heteroatoms. The molecule has 0 spiro atoms. The molecular formula is C22H21NO5S. The second-order valence-corrected chi connectivity index (χ2v) is 6.95. The van der Waals surface area contributed by atoms with Crippen molar-refractivity contribution in [2.75, 3.05) is 20.8 Å². The summed E-state index contributed by atoms with van der Waals surface area (Å²) >= 11 is 1.21. The lowest BCUT2D eigenvalue weighted by atomic mass is 10.1. The van der Waals surface area contributed by atoms with E-state index in [1.807, 2.05) is 30.3 Å². The van der Waals surface area contributed by atoms with Crippen molar-refractivity contribution in [2.24, 2.45) is 4.99 Å². The van der Waals surface area contributed by atoms with Gasteiger partial charge in [0.2, 0.25) is 0 Å². The Labute approximate surface area is 173 Å². The average molecular weight is 411 g/mol. The van der Waals surface area contributed by atoms with E-state index in [0.29, 0.717) is 27.1 Å². The van der Waals surface area contributed by atoms with Gasteiger partial charge in [0.1, 0.15) is 16.4 Å². The first-order valence-corrected chi connectivity index (χ1v) is 9.75. The van der Waals surface area contributed by atoms with Gasteiger partial charge in [-0.05, 0) is 30.7 Å². The van der Waals surface area contributed by atoms with Crippen LogP contribution >= 0.6 is 11.8 Å². The highest BCUT2D eigenvalue weighted by molar-refractivity contribution is 8.18. The molecule has 0 bridgehead atoms. The lowest BCUT2D eigenvalue weighted by Gasteiger charge is -2.08. The summed E-state index contributed by atoms with van der Waals surface area (Å²) in [6.07, 6.45) is 1.80. The molecule has 1 aliphatic heterocycles. The van der Waals surface area contributed by atoms with Crippen molar-refractivity contribution in [3.05, 3.63) is 70.3 Å². The Kier molecular flexibility index (Phi) is 6.61. The van der Waals surface area contributed by atoms with Crippen molar-refractivity contribution in [3.8, 4) is 11.5 Å². The van der Waals surface area contributed by atoms with E-state index in [-0.39, 0.29) is 17.9 Å². The fourth-order valence-corrected chi connectivity index (χ4v) is 3.74.